The van der Waals surface area contributed by atoms with Crippen LogP contribution in [0.4, 0.5) is 4.39 Å². The highest BCUT2D eigenvalue weighted by Gasteiger charge is 2.17. The van der Waals surface area contributed by atoms with Gasteiger partial charge in [0.2, 0.25) is 10.0 Å². The molecule has 0 heterocycles. The molecular formula is C15H16FNO3S. The fourth-order valence-electron chi connectivity index (χ4n) is 1.94. The van der Waals surface area contributed by atoms with Crippen LogP contribution in [0.5, 0.6) is 0 Å². The molecule has 0 radical (unpaired) electrons. The molecule has 2 N–H and O–H groups in total. The molecular weight excluding hydrogens is 293 g/mol. The van der Waals surface area contributed by atoms with Gasteiger partial charge < -0.3 is 5.11 Å². The Hall–Kier alpha value is -1.76. The van der Waals surface area contributed by atoms with Crippen LogP contribution >= 0.6 is 0 Å². The summed E-state index contributed by atoms with van der Waals surface area (Å²) in [5.41, 5.74) is 1.64. The first-order chi connectivity index (χ1) is 9.92. The monoisotopic (exact) mass is 309 g/mol. The third-order valence-electron chi connectivity index (χ3n) is 3.08. The second-order valence-electron chi connectivity index (χ2n) is 4.71. The number of hydrogen-bond donors (Lipinski definition) is 2. The molecule has 0 aromatic heterocycles. The van der Waals surface area contributed by atoms with Gasteiger partial charge in [0.15, 0.2) is 0 Å². The Kier molecular flexibility index (Phi) is 4.72. The number of hydrogen-bond acceptors (Lipinski definition) is 3. The third kappa shape index (κ3) is 3.87. The van der Waals surface area contributed by atoms with Gasteiger partial charge in [-0.1, -0.05) is 24.3 Å². The Morgan fingerprint density at radius 2 is 1.90 bits per heavy atom. The smallest absolute Gasteiger partial charge is 0.241 e. The molecule has 0 bridgehead atoms. The van der Waals surface area contributed by atoms with E-state index in [0.717, 1.165) is 0 Å². The molecule has 0 fully saturated rings. The van der Waals surface area contributed by atoms with Gasteiger partial charge in [0.1, 0.15) is 5.82 Å². The Morgan fingerprint density at radius 1 is 1.14 bits per heavy atom. The van der Waals surface area contributed by atoms with Crippen LogP contribution in [0.2, 0.25) is 0 Å². The maximum absolute atomic E-state index is 13.1. The van der Waals surface area contributed by atoms with E-state index in [1.54, 1.807) is 25.1 Å². The molecule has 0 saturated heterocycles. The minimum Gasteiger partial charge on any atom is -0.392 e. The first kappa shape index (κ1) is 15.6. The van der Waals surface area contributed by atoms with Gasteiger partial charge in [-0.25, -0.2) is 17.5 Å². The van der Waals surface area contributed by atoms with Crippen molar-refractivity contribution in [1.29, 1.82) is 0 Å². The van der Waals surface area contributed by atoms with E-state index >= 15 is 0 Å². The maximum atomic E-state index is 13.1. The van der Waals surface area contributed by atoms with E-state index in [1.807, 2.05) is 0 Å². The Morgan fingerprint density at radius 3 is 2.57 bits per heavy atom. The summed E-state index contributed by atoms with van der Waals surface area (Å²) >= 11 is 0. The summed E-state index contributed by atoms with van der Waals surface area (Å²) in [4.78, 5) is 0.116. The van der Waals surface area contributed by atoms with Crippen LogP contribution in [0.1, 0.15) is 16.7 Å². The predicted octanol–water partition coefficient (Wildman–Crippen LogP) is 2.10. The fraction of sp³-hybridized carbons (Fsp3) is 0.200. The summed E-state index contributed by atoms with van der Waals surface area (Å²) in [6.45, 7) is 1.45. The fourth-order valence-corrected chi connectivity index (χ4v) is 3.25. The van der Waals surface area contributed by atoms with E-state index in [1.165, 1.54) is 24.3 Å². The predicted molar refractivity (Wildman–Crippen MR) is 77.5 cm³/mol. The topological polar surface area (TPSA) is 66.4 Å². The van der Waals surface area contributed by atoms with Crippen LogP contribution < -0.4 is 4.72 Å². The van der Waals surface area contributed by atoms with Crippen molar-refractivity contribution in [3.8, 4) is 0 Å². The number of benzene rings is 2. The summed E-state index contributed by atoms with van der Waals surface area (Å²) in [6.07, 6.45) is 0. The quantitative estimate of drug-likeness (QED) is 0.889. The highest BCUT2D eigenvalue weighted by atomic mass is 32.2. The van der Waals surface area contributed by atoms with E-state index in [9.17, 15) is 12.8 Å². The molecule has 0 atom stereocenters. The van der Waals surface area contributed by atoms with Gasteiger partial charge in [-0.15, -0.1) is 0 Å². The number of sulfonamides is 1. The van der Waals surface area contributed by atoms with E-state index in [0.29, 0.717) is 16.7 Å². The van der Waals surface area contributed by atoms with Gasteiger partial charge in [0, 0.05) is 6.54 Å². The van der Waals surface area contributed by atoms with Crippen LogP contribution in [-0.2, 0) is 23.2 Å². The summed E-state index contributed by atoms with van der Waals surface area (Å²) in [6, 6.07) is 10.5. The second kappa shape index (κ2) is 6.34. The van der Waals surface area contributed by atoms with Crippen molar-refractivity contribution >= 4 is 10.0 Å². The van der Waals surface area contributed by atoms with Crippen molar-refractivity contribution in [1.82, 2.24) is 4.72 Å². The normalized spacial score (nSPS) is 11.6. The highest BCUT2D eigenvalue weighted by molar-refractivity contribution is 7.89. The molecule has 112 valence electrons. The van der Waals surface area contributed by atoms with E-state index < -0.39 is 15.8 Å². The molecule has 21 heavy (non-hydrogen) atoms. The molecule has 0 aliphatic heterocycles. The van der Waals surface area contributed by atoms with Gasteiger partial charge in [-0.05, 0) is 41.8 Å². The van der Waals surface area contributed by atoms with Crippen LogP contribution in [0, 0.1) is 12.7 Å². The van der Waals surface area contributed by atoms with Crippen LogP contribution in [0.25, 0.3) is 0 Å². The van der Waals surface area contributed by atoms with Gasteiger partial charge in [-0.2, -0.15) is 0 Å². The molecule has 0 aliphatic carbocycles. The lowest BCUT2D eigenvalue weighted by Crippen LogP contribution is -2.24. The third-order valence-corrected chi connectivity index (χ3v) is 4.62. The zero-order valence-electron chi connectivity index (χ0n) is 11.5. The molecule has 4 nitrogen and oxygen atoms in total. The van der Waals surface area contributed by atoms with Gasteiger partial charge >= 0.3 is 0 Å². The molecule has 0 saturated carbocycles. The SMILES string of the molecule is Cc1ccc(CO)cc1S(=O)(=O)NCc1cccc(F)c1. The Bertz CT molecular complexity index is 744. The van der Waals surface area contributed by atoms with E-state index in [-0.39, 0.29) is 18.0 Å². The number of halogens is 1. The van der Waals surface area contributed by atoms with Gasteiger partial charge in [0.05, 0.1) is 11.5 Å². The zero-order valence-corrected chi connectivity index (χ0v) is 12.3. The molecule has 2 aromatic rings. The number of nitrogens with one attached hydrogen (secondary N) is 1. The summed E-state index contributed by atoms with van der Waals surface area (Å²) in [5, 5.41) is 9.10. The van der Waals surface area contributed by atoms with Crippen LogP contribution in [0.15, 0.2) is 47.4 Å². The van der Waals surface area contributed by atoms with Crippen molar-refractivity contribution in [3.05, 3.63) is 65.0 Å². The summed E-state index contributed by atoms with van der Waals surface area (Å²) in [5.74, 6) is -0.412. The lowest BCUT2D eigenvalue weighted by molar-refractivity contribution is 0.281. The molecule has 0 unspecified atom stereocenters. The van der Waals surface area contributed by atoms with Crippen LogP contribution in [0.3, 0.4) is 0 Å². The second-order valence-corrected chi connectivity index (χ2v) is 6.45. The number of aliphatic hydroxyl groups excluding tert-OH is 1. The van der Waals surface area contributed by atoms with Crippen molar-refractivity contribution < 1.29 is 17.9 Å². The Balaban J connectivity index is 2.22. The highest BCUT2D eigenvalue weighted by Crippen LogP contribution is 2.17. The summed E-state index contributed by atoms with van der Waals surface area (Å²) < 4.78 is 40.1. The van der Waals surface area contributed by atoms with E-state index in [2.05, 4.69) is 4.72 Å². The van der Waals surface area contributed by atoms with Crippen molar-refractivity contribution in [3.63, 3.8) is 0 Å². The van der Waals surface area contributed by atoms with E-state index in [4.69, 9.17) is 5.11 Å². The average Bonchev–Trinajstić information content (AvgIpc) is 2.46. The van der Waals surface area contributed by atoms with Crippen molar-refractivity contribution in [2.24, 2.45) is 0 Å². The molecule has 0 spiro atoms. The number of aliphatic hydroxyl groups is 1. The Labute approximate surface area is 123 Å². The standard InChI is InChI=1S/C15H16FNO3S/c1-11-5-6-13(10-18)8-15(11)21(19,20)17-9-12-3-2-4-14(16)7-12/h2-8,17-18H,9-10H2,1H3. The maximum Gasteiger partial charge on any atom is 0.241 e. The molecule has 2 aromatic carbocycles. The minimum atomic E-state index is -3.72. The van der Waals surface area contributed by atoms with Gasteiger partial charge in [0.25, 0.3) is 0 Å². The number of rotatable bonds is 5. The van der Waals surface area contributed by atoms with Crippen LogP contribution in [-0.4, -0.2) is 13.5 Å². The lowest BCUT2D eigenvalue weighted by atomic mass is 10.2. The molecule has 0 amide bonds. The first-order valence-corrected chi connectivity index (χ1v) is 7.85. The minimum absolute atomic E-state index is 0.00286. The van der Waals surface area contributed by atoms with Crippen molar-refractivity contribution in [2.45, 2.75) is 25.0 Å². The first-order valence-electron chi connectivity index (χ1n) is 6.37. The molecule has 6 heteroatoms. The zero-order chi connectivity index (χ0) is 15.5. The summed E-state index contributed by atoms with van der Waals surface area (Å²) in [7, 11) is -3.72. The molecule has 2 rings (SSSR count). The van der Waals surface area contributed by atoms with Crippen molar-refractivity contribution in [2.75, 3.05) is 0 Å². The largest absolute Gasteiger partial charge is 0.392 e. The molecule has 0 aliphatic rings. The number of aryl methyl sites for hydroxylation is 1. The lowest BCUT2D eigenvalue weighted by Gasteiger charge is -2.10. The van der Waals surface area contributed by atoms with Gasteiger partial charge in [-0.3, -0.25) is 0 Å². The average molecular weight is 309 g/mol.